The van der Waals surface area contributed by atoms with Crippen LogP contribution in [0.4, 0.5) is 0 Å². The number of hydrogen-bond acceptors (Lipinski definition) is 0. The van der Waals surface area contributed by atoms with Crippen molar-refractivity contribution in [3.63, 3.8) is 0 Å². The number of aryl methyl sites for hydroxylation is 2. The van der Waals surface area contributed by atoms with Crippen molar-refractivity contribution in [2.24, 2.45) is 0 Å². The average molecular weight is 785 g/mol. The van der Waals surface area contributed by atoms with E-state index in [4.69, 9.17) is 0 Å². The van der Waals surface area contributed by atoms with Crippen molar-refractivity contribution >= 4 is 49.6 Å². The molecule has 5 aromatic carbocycles. The summed E-state index contributed by atoms with van der Waals surface area (Å²) in [5.74, 6) is 0. The molecule has 0 fully saturated rings. The zero-order chi connectivity index (χ0) is 34.7. The largest absolute Gasteiger partial charge is 0.273 e. The van der Waals surface area contributed by atoms with Crippen molar-refractivity contribution in [1.82, 2.24) is 0 Å². The van der Waals surface area contributed by atoms with E-state index in [-0.39, 0.29) is 35.6 Å². The molecular formula is C47H58Cl2Zr. The number of allylic oxidation sites excluding steroid dienone is 4. The molecule has 0 saturated carbocycles. The zero-order valence-corrected chi connectivity index (χ0v) is 35.7. The third-order valence-corrected chi connectivity index (χ3v) is 10.6. The first-order valence-electron chi connectivity index (χ1n) is 18.0. The fourth-order valence-corrected chi connectivity index (χ4v) is 6.72. The maximum atomic E-state index is 2.99. The Morgan fingerprint density at radius 2 is 1.06 bits per heavy atom. The molecule has 0 amide bonds. The Balaban J connectivity index is 0.000000293. The van der Waals surface area contributed by atoms with Gasteiger partial charge in [-0.05, 0) is 10.8 Å². The number of unbranched alkanes of at least 4 members (excludes halogenated alkanes) is 2. The van der Waals surface area contributed by atoms with E-state index in [9.17, 15) is 0 Å². The normalized spacial score (nSPS) is 12.0. The molecule has 0 aromatic heterocycles. The fourth-order valence-electron chi connectivity index (χ4n) is 5.90. The molecule has 0 heterocycles. The second kappa shape index (κ2) is 20.6. The summed E-state index contributed by atoms with van der Waals surface area (Å²) >= 11 is 1.48. The summed E-state index contributed by atoms with van der Waals surface area (Å²) in [6, 6.07) is 34.5. The van der Waals surface area contributed by atoms with Gasteiger partial charge < -0.3 is 0 Å². The molecule has 5 aromatic rings. The predicted molar refractivity (Wildman–Crippen MR) is 224 cm³/mol. The van der Waals surface area contributed by atoms with E-state index >= 15 is 0 Å². The van der Waals surface area contributed by atoms with E-state index in [1.807, 2.05) is 12.2 Å². The third kappa shape index (κ3) is 12.7. The monoisotopic (exact) mass is 782 g/mol. The van der Waals surface area contributed by atoms with Crippen LogP contribution >= 0.6 is 24.8 Å². The molecule has 6 rings (SSSR count). The van der Waals surface area contributed by atoms with E-state index < -0.39 is 0 Å². The molecule has 0 radical (unpaired) electrons. The minimum Gasteiger partial charge on any atom is -0.273 e. The van der Waals surface area contributed by atoms with Crippen LogP contribution in [-0.2, 0) is 47.9 Å². The standard InChI is InChI=1S/C21H25.C21H26.C5H5.2ClH.Zr/c1-20(2,3)16-7-9-18-14(12-16)11-15-13-17(21(4,5)6)8-10-19(15)18;1-3-5-7-18-9-13-20(14-10-18)17-21-15-11-19(12-16-21)8-6-4-2;1-2-4-5-3-1;;;/h7-13H,1-6H3;9-16H,3-8H2,1-2H3;1-3H,4H2;2*1H;/q-1;;-1;;;+2. The summed E-state index contributed by atoms with van der Waals surface area (Å²) in [6.45, 7) is 18.1. The van der Waals surface area contributed by atoms with E-state index in [0.717, 1.165) is 6.42 Å². The molecule has 1 aliphatic carbocycles. The van der Waals surface area contributed by atoms with Crippen LogP contribution in [0.3, 0.4) is 0 Å². The molecule has 0 aliphatic heterocycles. The summed E-state index contributed by atoms with van der Waals surface area (Å²) in [5, 5.41) is 5.48. The van der Waals surface area contributed by atoms with Gasteiger partial charge in [0.2, 0.25) is 0 Å². The molecule has 0 atom stereocenters. The van der Waals surface area contributed by atoms with Crippen molar-refractivity contribution in [3.05, 3.63) is 149 Å². The van der Waals surface area contributed by atoms with Crippen molar-refractivity contribution in [3.8, 4) is 0 Å². The van der Waals surface area contributed by atoms with Gasteiger partial charge in [-0.3, -0.25) is 6.08 Å². The second-order valence-corrected chi connectivity index (χ2v) is 16.5. The molecule has 0 unspecified atom stereocenters. The van der Waals surface area contributed by atoms with Crippen LogP contribution in [0.25, 0.3) is 21.5 Å². The maximum absolute atomic E-state index is 2.99. The summed E-state index contributed by atoms with van der Waals surface area (Å²) in [6.07, 6.45) is 17.5. The first-order chi connectivity index (χ1) is 22.9. The van der Waals surface area contributed by atoms with Gasteiger partial charge >= 0.3 is 151 Å². The van der Waals surface area contributed by atoms with Crippen molar-refractivity contribution < 1.29 is 24.2 Å². The molecule has 0 saturated heterocycles. The molecule has 50 heavy (non-hydrogen) atoms. The van der Waals surface area contributed by atoms with E-state index in [1.165, 1.54) is 121 Å². The van der Waals surface area contributed by atoms with Gasteiger partial charge in [0.05, 0.1) is 0 Å². The first kappa shape index (κ1) is 43.7. The Morgan fingerprint density at radius 1 is 0.640 bits per heavy atom. The Labute approximate surface area is 331 Å². The van der Waals surface area contributed by atoms with E-state index in [0.29, 0.717) is 0 Å². The molecule has 0 N–H and O–H groups in total. The van der Waals surface area contributed by atoms with Gasteiger partial charge in [-0.1, -0.05) is 76.9 Å². The minimum atomic E-state index is 0. The average Bonchev–Trinajstić information content (AvgIpc) is 3.78. The molecule has 0 spiro atoms. The molecule has 0 nitrogen and oxygen atoms in total. The van der Waals surface area contributed by atoms with Crippen LogP contribution in [0.5, 0.6) is 0 Å². The fraction of sp³-hybridized carbons (Fsp3) is 0.362. The third-order valence-electron chi connectivity index (χ3n) is 9.15. The molecule has 264 valence electrons. The van der Waals surface area contributed by atoms with Gasteiger partial charge in [-0.2, -0.15) is 6.08 Å². The molecule has 3 heteroatoms. The van der Waals surface area contributed by atoms with Crippen LogP contribution < -0.4 is 0 Å². The van der Waals surface area contributed by atoms with Crippen LogP contribution in [0.1, 0.15) is 121 Å². The van der Waals surface area contributed by atoms with Gasteiger partial charge in [0.15, 0.2) is 0 Å². The quantitative estimate of drug-likeness (QED) is 0.138. The molecular weight excluding hydrogens is 727 g/mol. The maximum Gasteiger partial charge on any atom is -0.109 e. The van der Waals surface area contributed by atoms with E-state index in [2.05, 4.69) is 159 Å². The Hall–Kier alpha value is -2.44. The smallest absolute Gasteiger partial charge is 0.109 e. The summed E-state index contributed by atoms with van der Waals surface area (Å²) in [7, 11) is 0. The van der Waals surface area contributed by atoms with Crippen LogP contribution in [-0.4, -0.2) is 3.21 Å². The van der Waals surface area contributed by atoms with Gasteiger partial charge in [-0.25, -0.2) is 12.2 Å². The number of halogens is 2. The Morgan fingerprint density at radius 3 is 1.36 bits per heavy atom. The van der Waals surface area contributed by atoms with Crippen LogP contribution in [0.2, 0.25) is 0 Å². The zero-order valence-electron chi connectivity index (χ0n) is 31.7. The number of hydrogen-bond donors (Lipinski definition) is 0. The number of fused-ring (bicyclic) bond motifs is 3. The summed E-state index contributed by atoms with van der Waals surface area (Å²) < 4.78 is 1.45. The van der Waals surface area contributed by atoms with Gasteiger partial charge in [0.1, 0.15) is 0 Å². The van der Waals surface area contributed by atoms with Crippen LogP contribution in [0, 0.1) is 6.08 Å². The predicted octanol–water partition coefficient (Wildman–Crippen LogP) is 13.9. The van der Waals surface area contributed by atoms with Gasteiger partial charge in [-0.15, -0.1) is 71.0 Å². The van der Waals surface area contributed by atoms with Crippen molar-refractivity contribution in [1.29, 1.82) is 0 Å². The SMILES string of the molecule is CC(C)(C)c1ccc2c(c1)[cH-]c1cc(C(C)(C)C)ccc12.CCCCc1ccc([C](=[Zr+2])c2ccc(CCCC)cc2)cc1.Cl.Cl.[C-]1=CC=CC1. The first-order valence-corrected chi connectivity index (χ1v) is 19.3. The Bertz CT molecular complexity index is 1690. The number of rotatable bonds is 8. The Kier molecular flexibility index (Phi) is 18.0. The molecule has 0 bridgehead atoms. The topological polar surface area (TPSA) is 0 Å². The van der Waals surface area contributed by atoms with Crippen molar-refractivity contribution in [2.75, 3.05) is 0 Å². The van der Waals surface area contributed by atoms with Crippen LogP contribution in [0.15, 0.2) is 109 Å². The summed E-state index contributed by atoms with van der Waals surface area (Å²) in [5.41, 5.74) is 8.89. The van der Waals surface area contributed by atoms with Crippen molar-refractivity contribution in [2.45, 2.75) is 111 Å². The van der Waals surface area contributed by atoms with Gasteiger partial charge in [0, 0.05) is 0 Å². The van der Waals surface area contributed by atoms with E-state index in [1.54, 1.807) is 0 Å². The minimum absolute atomic E-state index is 0. The van der Waals surface area contributed by atoms with Gasteiger partial charge in [0.25, 0.3) is 0 Å². The number of benzene rings is 4. The second-order valence-electron chi connectivity index (χ2n) is 15.2. The molecule has 1 aliphatic rings. The summed E-state index contributed by atoms with van der Waals surface area (Å²) in [4.78, 5) is 0.